The highest BCUT2D eigenvalue weighted by Crippen LogP contribution is 2.27. The molecule has 0 saturated carbocycles. The third-order valence-corrected chi connectivity index (χ3v) is 3.54. The maximum atomic E-state index is 4.67. The normalized spacial score (nSPS) is 18.9. The Morgan fingerprint density at radius 3 is 3.06 bits per heavy atom. The Morgan fingerprint density at radius 1 is 1.39 bits per heavy atom. The van der Waals surface area contributed by atoms with Crippen molar-refractivity contribution < 1.29 is 0 Å². The van der Waals surface area contributed by atoms with Gasteiger partial charge in [0.05, 0.1) is 0 Å². The molecule has 1 unspecified atom stereocenters. The second-order valence-corrected chi connectivity index (χ2v) is 4.64. The molecule has 0 bridgehead atoms. The van der Waals surface area contributed by atoms with E-state index in [4.69, 9.17) is 0 Å². The van der Waals surface area contributed by atoms with E-state index >= 15 is 0 Å². The number of rotatable bonds is 3. The zero-order chi connectivity index (χ0) is 12.5. The molecule has 96 valence electrons. The topological polar surface area (TPSA) is 61.4 Å². The van der Waals surface area contributed by atoms with E-state index in [1.54, 1.807) is 6.33 Å². The molecular weight excluding hydrogens is 228 g/mol. The number of hydrogen-bond donors (Lipinski definition) is 0. The van der Waals surface area contributed by atoms with Crippen LogP contribution in [0.15, 0.2) is 6.33 Å². The van der Waals surface area contributed by atoms with Crippen LogP contribution in [-0.2, 0) is 25.9 Å². The lowest BCUT2D eigenvalue weighted by molar-refractivity contribution is 0.407. The van der Waals surface area contributed by atoms with Crippen LogP contribution in [0.2, 0.25) is 0 Å². The van der Waals surface area contributed by atoms with E-state index in [0.717, 1.165) is 49.8 Å². The summed E-state index contributed by atoms with van der Waals surface area (Å²) in [6.07, 6.45) is 4.52. The summed E-state index contributed by atoms with van der Waals surface area (Å²) in [7, 11) is 0. The van der Waals surface area contributed by atoms with E-state index < -0.39 is 0 Å². The van der Waals surface area contributed by atoms with E-state index in [2.05, 4.69) is 34.0 Å². The highest BCUT2D eigenvalue weighted by molar-refractivity contribution is 5.07. The van der Waals surface area contributed by atoms with E-state index in [1.165, 1.54) is 0 Å². The van der Waals surface area contributed by atoms with Gasteiger partial charge in [0.2, 0.25) is 0 Å². The quantitative estimate of drug-likeness (QED) is 0.816. The molecule has 6 heteroatoms. The number of aryl methyl sites for hydroxylation is 3. The minimum absolute atomic E-state index is 0.425. The highest BCUT2D eigenvalue weighted by Gasteiger charge is 2.25. The molecule has 0 saturated heterocycles. The Morgan fingerprint density at radius 2 is 2.28 bits per heavy atom. The van der Waals surface area contributed by atoms with Crippen LogP contribution in [0, 0.1) is 0 Å². The molecule has 3 heterocycles. The van der Waals surface area contributed by atoms with Crippen LogP contribution in [0.4, 0.5) is 0 Å². The molecule has 18 heavy (non-hydrogen) atoms. The molecule has 0 amide bonds. The summed E-state index contributed by atoms with van der Waals surface area (Å²) >= 11 is 0. The predicted octanol–water partition coefficient (Wildman–Crippen LogP) is 1.18. The van der Waals surface area contributed by atoms with Crippen LogP contribution in [0.3, 0.4) is 0 Å². The fourth-order valence-electron chi connectivity index (χ4n) is 2.54. The van der Waals surface area contributed by atoms with E-state index in [-0.39, 0.29) is 0 Å². The standard InChI is InChI=1S/C12H18N6/c1-3-10-15-12(17(4-2)16-10)9-5-6-18-11(7-9)13-8-14-18/h8-9H,3-7H2,1-2H3. The van der Waals surface area contributed by atoms with Crippen molar-refractivity contribution in [1.82, 2.24) is 29.5 Å². The van der Waals surface area contributed by atoms with Gasteiger partial charge in [-0.3, -0.25) is 4.68 Å². The molecule has 2 aromatic rings. The van der Waals surface area contributed by atoms with Gasteiger partial charge in [0.1, 0.15) is 18.0 Å². The fraction of sp³-hybridized carbons (Fsp3) is 0.667. The van der Waals surface area contributed by atoms with Crippen LogP contribution >= 0.6 is 0 Å². The Balaban J connectivity index is 1.90. The molecule has 0 fully saturated rings. The average Bonchev–Trinajstić information content (AvgIpc) is 3.03. The smallest absolute Gasteiger partial charge is 0.150 e. The molecule has 6 nitrogen and oxygen atoms in total. The van der Waals surface area contributed by atoms with Gasteiger partial charge in [-0.2, -0.15) is 10.2 Å². The van der Waals surface area contributed by atoms with Gasteiger partial charge in [-0.1, -0.05) is 6.92 Å². The molecule has 2 aromatic heterocycles. The molecule has 0 aliphatic carbocycles. The van der Waals surface area contributed by atoms with Crippen LogP contribution in [0.1, 0.15) is 43.7 Å². The lowest BCUT2D eigenvalue weighted by Crippen LogP contribution is -2.22. The molecule has 3 rings (SSSR count). The maximum absolute atomic E-state index is 4.67. The summed E-state index contributed by atoms with van der Waals surface area (Å²) < 4.78 is 4.03. The van der Waals surface area contributed by atoms with Crippen LogP contribution in [0.25, 0.3) is 0 Å². The third kappa shape index (κ3) is 1.81. The summed E-state index contributed by atoms with van der Waals surface area (Å²) in [5.41, 5.74) is 0. The van der Waals surface area contributed by atoms with Crippen molar-refractivity contribution in [1.29, 1.82) is 0 Å². The van der Waals surface area contributed by atoms with E-state index in [9.17, 15) is 0 Å². The van der Waals surface area contributed by atoms with Crippen LogP contribution < -0.4 is 0 Å². The van der Waals surface area contributed by atoms with Crippen molar-refractivity contribution in [3.63, 3.8) is 0 Å². The minimum Gasteiger partial charge on any atom is -0.250 e. The van der Waals surface area contributed by atoms with Crippen molar-refractivity contribution in [2.75, 3.05) is 0 Å². The lowest BCUT2D eigenvalue weighted by Gasteiger charge is -2.21. The van der Waals surface area contributed by atoms with Gasteiger partial charge >= 0.3 is 0 Å². The number of nitrogens with zero attached hydrogens (tertiary/aromatic N) is 6. The van der Waals surface area contributed by atoms with Crippen molar-refractivity contribution in [2.45, 2.75) is 52.1 Å². The molecule has 0 aromatic carbocycles. The van der Waals surface area contributed by atoms with E-state index in [1.807, 2.05) is 9.36 Å². The second kappa shape index (κ2) is 4.51. The molecule has 0 radical (unpaired) electrons. The van der Waals surface area contributed by atoms with Crippen molar-refractivity contribution >= 4 is 0 Å². The van der Waals surface area contributed by atoms with Gasteiger partial charge in [0.15, 0.2) is 5.82 Å². The average molecular weight is 246 g/mol. The molecule has 1 atom stereocenters. The predicted molar refractivity (Wildman–Crippen MR) is 66.2 cm³/mol. The maximum Gasteiger partial charge on any atom is 0.150 e. The zero-order valence-electron chi connectivity index (χ0n) is 10.9. The van der Waals surface area contributed by atoms with Gasteiger partial charge in [0, 0.05) is 31.8 Å². The highest BCUT2D eigenvalue weighted by atomic mass is 15.4. The fourth-order valence-corrected chi connectivity index (χ4v) is 2.54. The third-order valence-electron chi connectivity index (χ3n) is 3.54. The molecule has 0 spiro atoms. The van der Waals surface area contributed by atoms with Gasteiger partial charge in [-0.15, -0.1) is 0 Å². The largest absolute Gasteiger partial charge is 0.250 e. The molecule has 0 N–H and O–H groups in total. The summed E-state index contributed by atoms with van der Waals surface area (Å²) in [6, 6.07) is 0. The van der Waals surface area contributed by atoms with Crippen molar-refractivity contribution in [3.05, 3.63) is 23.8 Å². The molecule has 1 aliphatic rings. The van der Waals surface area contributed by atoms with Crippen molar-refractivity contribution in [3.8, 4) is 0 Å². The Kier molecular flexibility index (Phi) is 2.85. The Bertz CT molecular complexity index is 541. The first-order valence-electron chi connectivity index (χ1n) is 6.62. The lowest BCUT2D eigenvalue weighted by atomic mass is 9.97. The monoisotopic (exact) mass is 246 g/mol. The second-order valence-electron chi connectivity index (χ2n) is 4.64. The van der Waals surface area contributed by atoms with Gasteiger partial charge in [-0.05, 0) is 13.3 Å². The molecular formula is C12H18N6. The van der Waals surface area contributed by atoms with Gasteiger partial charge in [-0.25, -0.2) is 14.6 Å². The SMILES string of the molecule is CCc1nc(C2CCn3ncnc3C2)n(CC)n1. The van der Waals surface area contributed by atoms with Crippen LogP contribution in [-0.4, -0.2) is 29.5 Å². The minimum atomic E-state index is 0.425. The number of aromatic nitrogens is 6. The van der Waals surface area contributed by atoms with Gasteiger partial charge < -0.3 is 0 Å². The first-order valence-corrected chi connectivity index (χ1v) is 6.62. The zero-order valence-corrected chi connectivity index (χ0v) is 10.9. The number of fused-ring (bicyclic) bond motifs is 1. The Labute approximate surface area is 106 Å². The summed E-state index contributed by atoms with van der Waals surface area (Å²) in [4.78, 5) is 8.98. The van der Waals surface area contributed by atoms with Crippen LogP contribution in [0.5, 0.6) is 0 Å². The molecule has 1 aliphatic heterocycles. The van der Waals surface area contributed by atoms with Crippen molar-refractivity contribution in [2.24, 2.45) is 0 Å². The van der Waals surface area contributed by atoms with E-state index in [0.29, 0.717) is 5.92 Å². The Hall–Kier alpha value is -1.72. The first-order chi connectivity index (χ1) is 8.81. The van der Waals surface area contributed by atoms with Gasteiger partial charge in [0.25, 0.3) is 0 Å². The first kappa shape index (κ1) is 11.4. The summed E-state index contributed by atoms with van der Waals surface area (Å²) in [6.45, 7) is 6.02. The summed E-state index contributed by atoms with van der Waals surface area (Å²) in [5.74, 6) is 3.55. The summed E-state index contributed by atoms with van der Waals surface area (Å²) in [5, 5.41) is 8.74. The number of hydrogen-bond acceptors (Lipinski definition) is 4.